The van der Waals surface area contributed by atoms with Crippen LogP contribution in [0.3, 0.4) is 0 Å². The number of rotatable bonds is 4. The predicted octanol–water partition coefficient (Wildman–Crippen LogP) is 0.0914. The van der Waals surface area contributed by atoms with Gasteiger partial charge in [0, 0.05) is 19.6 Å². The van der Waals surface area contributed by atoms with Crippen LogP contribution in [0, 0.1) is 5.92 Å². The van der Waals surface area contributed by atoms with Crippen molar-refractivity contribution in [1.82, 2.24) is 10.6 Å². The normalized spacial score (nSPS) is 20.6. The second-order valence-electron chi connectivity index (χ2n) is 4.53. The van der Waals surface area contributed by atoms with Crippen LogP contribution in [0.2, 0.25) is 0 Å². The number of aliphatic hydroxyl groups is 1. The molecule has 0 aromatic rings. The number of carbonyl (C=O) groups is 1. The van der Waals surface area contributed by atoms with Gasteiger partial charge in [-0.3, -0.25) is 0 Å². The summed E-state index contributed by atoms with van der Waals surface area (Å²) in [6, 6.07) is 0. The van der Waals surface area contributed by atoms with Gasteiger partial charge in [0.2, 0.25) is 0 Å². The van der Waals surface area contributed by atoms with Gasteiger partial charge in [-0.05, 0) is 12.8 Å². The number of alkyl carbamates (subject to hydrolysis) is 1. The maximum atomic E-state index is 11.3. The minimum atomic E-state index is -0.894. The molecule has 1 heterocycles. The number of nitrogens with one attached hydrogen (secondary N) is 2. The molecule has 1 saturated heterocycles. The Morgan fingerprint density at radius 1 is 1.53 bits per heavy atom. The van der Waals surface area contributed by atoms with Gasteiger partial charge < -0.3 is 20.5 Å². The monoisotopic (exact) mass is 216 g/mol. The number of ether oxygens (including phenoxy) is 1. The molecule has 0 unspecified atom stereocenters. The first-order valence-corrected chi connectivity index (χ1v) is 5.31. The van der Waals surface area contributed by atoms with E-state index in [-0.39, 0.29) is 0 Å². The Bertz CT molecular complexity index is 227. The summed E-state index contributed by atoms with van der Waals surface area (Å²) in [6.07, 6.45) is -0.942. The second kappa shape index (κ2) is 4.81. The lowest BCUT2D eigenvalue weighted by molar-refractivity contribution is -0.102. The molecule has 3 N–H and O–H groups in total. The summed E-state index contributed by atoms with van der Waals surface area (Å²) >= 11 is 0. The third-order valence-corrected chi connectivity index (χ3v) is 2.56. The molecule has 0 aromatic carbocycles. The molecule has 0 bridgehead atoms. The van der Waals surface area contributed by atoms with Crippen LogP contribution in [-0.2, 0) is 4.74 Å². The average molecular weight is 216 g/mol. The molecule has 0 radical (unpaired) electrons. The number of carbonyl (C=O) groups excluding carboxylic acids is 1. The highest BCUT2D eigenvalue weighted by Gasteiger charge is 2.42. The maximum absolute atomic E-state index is 11.3. The fourth-order valence-corrected chi connectivity index (χ4v) is 1.27. The van der Waals surface area contributed by atoms with Crippen LogP contribution in [0.4, 0.5) is 4.79 Å². The highest BCUT2D eigenvalue weighted by Crippen LogP contribution is 2.18. The van der Waals surface area contributed by atoms with E-state index in [2.05, 4.69) is 10.6 Å². The highest BCUT2D eigenvalue weighted by molar-refractivity contribution is 5.67. The Kier molecular flexibility index (Phi) is 3.93. The van der Waals surface area contributed by atoms with Crippen molar-refractivity contribution in [1.29, 1.82) is 0 Å². The van der Waals surface area contributed by atoms with Crippen molar-refractivity contribution in [3.05, 3.63) is 0 Å². The van der Waals surface area contributed by atoms with Crippen LogP contribution in [0.15, 0.2) is 0 Å². The minimum Gasteiger partial charge on any atom is -0.443 e. The predicted molar refractivity (Wildman–Crippen MR) is 56.6 cm³/mol. The molecule has 15 heavy (non-hydrogen) atoms. The van der Waals surface area contributed by atoms with Gasteiger partial charge in [-0.1, -0.05) is 13.8 Å². The lowest BCUT2D eigenvalue weighted by Crippen LogP contribution is -2.66. The van der Waals surface area contributed by atoms with Crippen molar-refractivity contribution in [2.75, 3.05) is 19.6 Å². The Balaban J connectivity index is 2.25. The molecule has 88 valence electrons. The third-order valence-electron chi connectivity index (χ3n) is 2.56. The Morgan fingerprint density at radius 3 is 2.53 bits per heavy atom. The van der Waals surface area contributed by atoms with E-state index in [1.807, 2.05) is 13.8 Å². The van der Waals surface area contributed by atoms with E-state index in [4.69, 9.17) is 4.74 Å². The molecular weight excluding hydrogens is 196 g/mol. The zero-order chi connectivity index (χ0) is 11.5. The Morgan fingerprint density at radius 2 is 2.13 bits per heavy atom. The van der Waals surface area contributed by atoms with Gasteiger partial charge in [0.1, 0.15) is 11.7 Å². The smallest absolute Gasteiger partial charge is 0.407 e. The molecule has 0 saturated carbocycles. The number of β-amino-alcohol motifs (C(OH)–C–C–N with tert-alkyl or cyclic N) is 1. The van der Waals surface area contributed by atoms with E-state index in [0.29, 0.717) is 25.6 Å². The van der Waals surface area contributed by atoms with Gasteiger partial charge in [-0.2, -0.15) is 0 Å². The largest absolute Gasteiger partial charge is 0.443 e. The standard InChI is InChI=1S/C10H20N2O3/c1-7(2)4-12-9(13)15-8(3)10(14)5-11-6-10/h7-8,11,14H,4-6H2,1-3H3,(H,12,13)/t8-/m1/s1. The van der Waals surface area contributed by atoms with E-state index < -0.39 is 17.8 Å². The first-order chi connectivity index (χ1) is 6.94. The second-order valence-corrected chi connectivity index (χ2v) is 4.53. The molecule has 5 heteroatoms. The Hall–Kier alpha value is -0.810. The molecule has 0 aliphatic carbocycles. The molecule has 1 aliphatic rings. The third kappa shape index (κ3) is 3.35. The molecule has 1 atom stereocenters. The van der Waals surface area contributed by atoms with Crippen LogP contribution in [0.25, 0.3) is 0 Å². The topological polar surface area (TPSA) is 70.6 Å². The van der Waals surface area contributed by atoms with Crippen LogP contribution >= 0.6 is 0 Å². The fourth-order valence-electron chi connectivity index (χ4n) is 1.27. The average Bonchev–Trinajstić information content (AvgIpc) is 2.10. The molecular formula is C10H20N2O3. The van der Waals surface area contributed by atoms with Crippen LogP contribution < -0.4 is 10.6 Å². The Labute approximate surface area is 90.2 Å². The number of hydrogen-bond acceptors (Lipinski definition) is 4. The summed E-state index contributed by atoms with van der Waals surface area (Å²) in [5, 5.41) is 15.4. The van der Waals surface area contributed by atoms with E-state index in [0.717, 1.165) is 0 Å². The first-order valence-electron chi connectivity index (χ1n) is 5.31. The van der Waals surface area contributed by atoms with Crippen LogP contribution in [0.1, 0.15) is 20.8 Å². The summed E-state index contributed by atoms with van der Waals surface area (Å²) in [5.41, 5.74) is -0.894. The van der Waals surface area contributed by atoms with Gasteiger partial charge in [0.15, 0.2) is 0 Å². The first kappa shape index (κ1) is 12.3. The lowest BCUT2D eigenvalue weighted by Gasteiger charge is -2.41. The van der Waals surface area contributed by atoms with Gasteiger partial charge in [-0.15, -0.1) is 0 Å². The summed E-state index contributed by atoms with van der Waals surface area (Å²) in [7, 11) is 0. The van der Waals surface area contributed by atoms with Crippen LogP contribution in [0.5, 0.6) is 0 Å². The molecule has 5 nitrogen and oxygen atoms in total. The van der Waals surface area contributed by atoms with Crippen molar-refractivity contribution < 1.29 is 14.6 Å². The zero-order valence-corrected chi connectivity index (χ0v) is 9.54. The molecule has 1 rings (SSSR count). The van der Waals surface area contributed by atoms with Crippen molar-refractivity contribution in [2.45, 2.75) is 32.5 Å². The highest BCUT2D eigenvalue weighted by atomic mass is 16.6. The quantitative estimate of drug-likeness (QED) is 0.623. The van der Waals surface area contributed by atoms with Gasteiger partial charge in [0.25, 0.3) is 0 Å². The van der Waals surface area contributed by atoms with E-state index >= 15 is 0 Å². The molecule has 0 aromatic heterocycles. The molecule has 1 aliphatic heterocycles. The summed E-state index contributed by atoms with van der Waals surface area (Å²) in [5.74, 6) is 0.390. The van der Waals surface area contributed by atoms with E-state index in [1.54, 1.807) is 6.92 Å². The lowest BCUT2D eigenvalue weighted by atomic mass is 9.91. The molecule has 1 fully saturated rings. The van der Waals surface area contributed by atoms with Gasteiger partial charge in [0.05, 0.1) is 0 Å². The van der Waals surface area contributed by atoms with Gasteiger partial charge >= 0.3 is 6.09 Å². The summed E-state index contributed by atoms with van der Waals surface area (Å²) < 4.78 is 5.07. The van der Waals surface area contributed by atoms with E-state index in [1.165, 1.54) is 0 Å². The molecule has 0 spiro atoms. The number of amides is 1. The minimum absolute atomic E-state index is 0.390. The summed E-state index contributed by atoms with van der Waals surface area (Å²) in [4.78, 5) is 11.3. The van der Waals surface area contributed by atoms with Gasteiger partial charge in [-0.25, -0.2) is 4.79 Å². The number of hydrogen-bond donors (Lipinski definition) is 3. The SMILES string of the molecule is CC(C)CNC(=O)O[C@H](C)C1(O)CNC1. The van der Waals surface area contributed by atoms with Crippen molar-refractivity contribution in [3.8, 4) is 0 Å². The van der Waals surface area contributed by atoms with Crippen molar-refractivity contribution in [2.24, 2.45) is 5.92 Å². The maximum Gasteiger partial charge on any atom is 0.407 e. The van der Waals surface area contributed by atoms with E-state index in [9.17, 15) is 9.90 Å². The summed E-state index contributed by atoms with van der Waals surface area (Å²) in [6.45, 7) is 7.26. The van der Waals surface area contributed by atoms with Crippen molar-refractivity contribution in [3.63, 3.8) is 0 Å². The zero-order valence-electron chi connectivity index (χ0n) is 9.54. The fraction of sp³-hybridized carbons (Fsp3) is 0.900. The van der Waals surface area contributed by atoms with Crippen LogP contribution in [-0.4, -0.2) is 42.5 Å². The molecule has 1 amide bonds. The van der Waals surface area contributed by atoms with Crippen molar-refractivity contribution >= 4 is 6.09 Å².